The number of aryl methyl sites for hydroxylation is 1. The first-order valence-corrected chi connectivity index (χ1v) is 9.17. The van der Waals surface area contributed by atoms with Crippen molar-refractivity contribution in [2.45, 2.75) is 17.9 Å². The predicted octanol–water partition coefficient (Wildman–Crippen LogP) is 4.31. The van der Waals surface area contributed by atoms with Crippen LogP contribution in [0.4, 0.5) is 5.69 Å². The van der Waals surface area contributed by atoms with Crippen LogP contribution in [0, 0.1) is 0 Å². The fourth-order valence-electron chi connectivity index (χ4n) is 3.13. The lowest BCUT2D eigenvalue weighted by Crippen LogP contribution is -2.36. The van der Waals surface area contributed by atoms with E-state index in [0.29, 0.717) is 5.75 Å². The molecule has 3 nitrogen and oxygen atoms in total. The maximum atomic E-state index is 12.7. The average Bonchev–Trinajstić information content (AvgIpc) is 2.65. The van der Waals surface area contributed by atoms with Crippen molar-refractivity contribution < 1.29 is 4.79 Å². The zero-order chi connectivity index (χ0) is 16.4. The van der Waals surface area contributed by atoms with E-state index < -0.39 is 0 Å². The molecule has 24 heavy (non-hydrogen) atoms. The number of fused-ring (bicyclic) bond motifs is 2. The van der Waals surface area contributed by atoms with E-state index >= 15 is 0 Å². The number of amides is 1. The molecule has 2 aromatic carbocycles. The van der Waals surface area contributed by atoms with E-state index in [0.717, 1.165) is 41.0 Å². The van der Waals surface area contributed by atoms with Crippen LogP contribution in [0.25, 0.3) is 10.9 Å². The highest BCUT2D eigenvalue weighted by molar-refractivity contribution is 7.99. The molecule has 0 saturated heterocycles. The number of nitrogens with zero attached hydrogens (tertiary/aromatic N) is 2. The van der Waals surface area contributed by atoms with Crippen molar-refractivity contribution >= 4 is 34.3 Å². The lowest BCUT2D eigenvalue weighted by molar-refractivity contribution is -0.116. The summed E-state index contributed by atoms with van der Waals surface area (Å²) in [6.45, 7) is 0.807. The first kappa shape index (κ1) is 15.2. The first-order chi connectivity index (χ1) is 11.8. The van der Waals surface area contributed by atoms with Crippen molar-refractivity contribution in [3.8, 4) is 0 Å². The van der Waals surface area contributed by atoms with Gasteiger partial charge in [-0.05, 0) is 36.6 Å². The largest absolute Gasteiger partial charge is 0.311 e. The summed E-state index contributed by atoms with van der Waals surface area (Å²) in [4.78, 5) is 19.2. The molecule has 4 rings (SSSR count). The Morgan fingerprint density at radius 1 is 1.04 bits per heavy atom. The summed E-state index contributed by atoms with van der Waals surface area (Å²) >= 11 is 1.51. The Kier molecular flexibility index (Phi) is 4.22. The summed E-state index contributed by atoms with van der Waals surface area (Å²) in [5.74, 6) is 0.571. The van der Waals surface area contributed by atoms with Crippen molar-refractivity contribution in [1.82, 2.24) is 4.98 Å². The molecule has 2 heterocycles. The highest BCUT2D eigenvalue weighted by Gasteiger charge is 2.22. The minimum atomic E-state index is 0.155. The normalized spacial score (nSPS) is 13.8. The van der Waals surface area contributed by atoms with E-state index in [4.69, 9.17) is 0 Å². The molecule has 1 aliphatic rings. The lowest BCUT2D eigenvalue weighted by atomic mass is 10.0. The van der Waals surface area contributed by atoms with Gasteiger partial charge in [-0.15, -0.1) is 0 Å². The van der Waals surface area contributed by atoms with Crippen molar-refractivity contribution in [2.75, 3.05) is 17.2 Å². The van der Waals surface area contributed by atoms with Crippen molar-refractivity contribution in [3.05, 3.63) is 66.2 Å². The Morgan fingerprint density at radius 3 is 2.83 bits per heavy atom. The zero-order valence-corrected chi connectivity index (χ0v) is 14.1. The second kappa shape index (κ2) is 6.65. The SMILES string of the molecule is O=C(CSc1ccc2ccccc2n1)N1CCCc2ccccc21. The molecule has 4 heteroatoms. The highest BCUT2D eigenvalue weighted by atomic mass is 32.2. The molecule has 0 saturated carbocycles. The monoisotopic (exact) mass is 334 g/mol. The number of carbonyl (C=O) groups is 1. The molecule has 120 valence electrons. The Bertz CT molecular complexity index is 893. The quantitative estimate of drug-likeness (QED) is 0.669. The third-order valence-electron chi connectivity index (χ3n) is 4.33. The van der Waals surface area contributed by atoms with Crippen LogP contribution in [0.5, 0.6) is 0 Å². The second-order valence-corrected chi connectivity index (χ2v) is 6.90. The van der Waals surface area contributed by atoms with E-state index in [2.05, 4.69) is 17.1 Å². The number of para-hydroxylation sites is 2. The van der Waals surface area contributed by atoms with E-state index in [9.17, 15) is 4.79 Å². The van der Waals surface area contributed by atoms with E-state index in [1.54, 1.807) is 0 Å². The topological polar surface area (TPSA) is 33.2 Å². The van der Waals surface area contributed by atoms with Gasteiger partial charge in [-0.1, -0.05) is 54.2 Å². The third-order valence-corrected chi connectivity index (χ3v) is 5.24. The zero-order valence-electron chi connectivity index (χ0n) is 13.3. The molecule has 0 spiro atoms. The maximum Gasteiger partial charge on any atom is 0.237 e. The van der Waals surface area contributed by atoms with Crippen LogP contribution in [0.2, 0.25) is 0 Å². The van der Waals surface area contributed by atoms with Gasteiger partial charge in [0.1, 0.15) is 0 Å². The molecule has 1 aromatic heterocycles. The lowest BCUT2D eigenvalue weighted by Gasteiger charge is -2.29. The van der Waals surface area contributed by atoms with Crippen molar-refractivity contribution in [2.24, 2.45) is 0 Å². The van der Waals surface area contributed by atoms with Crippen LogP contribution in [-0.4, -0.2) is 23.2 Å². The summed E-state index contributed by atoms with van der Waals surface area (Å²) in [7, 11) is 0. The molecular formula is C20H18N2OS. The van der Waals surface area contributed by atoms with E-state index in [1.165, 1.54) is 17.3 Å². The smallest absolute Gasteiger partial charge is 0.237 e. The fourth-order valence-corrected chi connectivity index (χ4v) is 3.89. The number of benzene rings is 2. The Hall–Kier alpha value is -2.33. The molecule has 0 atom stereocenters. The van der Waals surface area contributed by atoms with Crippen LogP contribution < -0.4 is 4.90 Å². The predicted molar refractivity (Wildman–Crippen MR) is 99.6 cm³/mol. The number of anilines is 1. The van der Waals surface area contributed by atoms with Gasteiger partial charge < -0.3 is 4.90 Å². The number of carbonyl (C=O) groups excluding carboxylic acids is 1. The van der Waals surface area contributed by atoms with Gasteiger partial charge in [-0.2, -0.15) is 0 Å². The summed E-state index contributed by atoms with van der Waals surface area (Å²) in [5.41, 5.74) is 3.31. The van der Waals surface area contributed by atoms with Gasteiger partial charge in [-0.3, -0.25) is 4.79 Å². The first-order valence-electron chi connectivity index (χ1n) is 8.18. The minimum Gasteiger partial charge on any atom is -0.311 e. The number of rotatable bonds is 3. The van der Waals surface area contributed by atoms with Gasteiger partial charge in [0.15, 0.2) is 0 Å². The maximum absolute atomic E-state index is 12.7. The van der Waals surface area contributed by atoms with E-state index in [1.807, 2.05) is 53.4 Å². The number of aromatic nitrogens is 1. The van der Waals surface area contributed by atoms with Crippen LogP contribution >= 0.6 is 11.8 Å². The Morgan fingerprint density at radius 2 is 1.88 bits per heavy atom. The third kappa shape index (κ3) is 3.02. The van der Waals surface area contributed by atoms with Crippen LogP contribution in [0.15, 0.2) is 65.7 Å². The summed E-state index contributed by atoms with van der Waals surface area (Å²) < 4.78 is 0. The van der Waals surface area contributed by atoms with Gasteiger partial charge in [0.25, 0.3) is 0 Å². The Labute approximate surface area is 145 Å². The van der Waals surface area contributed by atoms with Crippen molar-refractivity contribution in [3.63, 3.8) is 0 Å². The van der Waals surface area contributed by atoms with E-state index in [-0.39, 0.29) is 5.91 Å². The molecule has 0 N–H and O–H groups in total. The average molecular weight is 334 g/mol. The molecule has 0 aliphatic carbocycles. The summed E-state index contributed by atoms with van der Waals surface area (Å²) in [6.07, 6.45) is 2.08. The molecule has 0 fully saturated rings. The fraction of sp³-hybridized carbons (Fsp3) is 0.200. The minimum absolute atomic E-state index is 0.155. The number of hydrogen-bond acceptors (Lipinski definition) is 3. The van der Waals surface area contributed by atoms with Gasteiger partial charge in [0, 0.05) is 17.6 Å². The standard InChI is InChI=1S/C20H18N2OS/c23-20(22-13-5-8-16-7-2-4-10-18(16)22)14-24-19-12-11-15-6-1-3-9-17(15)21-19/h1-4,6-7,9-12H,5,8,13-14H2. The van der Waals surface area contributed by atoms with Crippen LogP contribution in [-0.2, 0) is 11.2 Å². The summed E-state index contributed by atoms with van der Waals surface area (Å²) in [6, 6.07) is 20.3. The molecule has 0 bridgehead atoms. The van der Waals surface area contributed by atoms with Gasteiger partial charge in [-0.25, -0.2) is 4.98 Å². The molecule has 0 unspecified atom stereocenters. The summed E-state index contributed by atoms with van der Waals surface area (Å²) in [5, 5.41) is 2.02. The number of thioether (sulfide) groups is 1. The van der Waals surface area contributed by atoms with Crippen LogP contribution in [0.1, 0.15) is 12.0 Å². The molecule has 3 aromatic rings. The van der Waals surface area contributed by atoms with Crippen molar-refractivity contribution in [1.29, 1.82) is 0 Å². The molecular weight excluding hydrogens is 316 g/mol. The van der Waals surface area contributed by atoms with Crippen LogP contribution in [0.3, 0.4) is 0 Å². The second-order valence-electron chi connectivity index (χ2n) is 5.91. The highest BCUT2D eigenvalue weighted by Crippen LogP contribution is 2.28. The molecule has 1 aliphatic heterocycles. The Balaban J connectivity index is 1.48. The van der Waals surface area contributed by atoms with Gasteiger partial charge in [0.05, 0.1) is 16.3 Å². The molecule has 1 amide bonds. The van der Waals surface area contributed by atoms with Gasteiger partial charge >= 0.3 is 0 Å². The number of pyridine rings is 1. The van der Waals surface area contributed by atoms with Gasteiger partial charge in [0.2, 0.25) is 5.91 Å². The number of hydrogen-bond donors (Lipinski definition) is 0. The molecule has 0 radical (unpaired) electrons.